The summed E-state index contributed by atoms with van der Waals surface area (Å²) in [4.78, 5) is 12.5. The highest BCUT2D eigenvalue weighted by Crippen LogP contribution is 2.27. The van der Waals surface area contributed by atoms with E-state index in [0.29, 0.717) is 21.6 Å². The third kappa shape index (κ3) is 4.66. The summed E-state index contributed by atoms with van der Waals surface area (Å²) in [5.74, 6) is 0.575. The highest BCUT2D eigenvalue weighted by atomic mass is 35.5. The monoisotopic (exact) mass is 416 g/mol. The van der Waals surface area contributed by atoms with Gasteiger partial charge in [-0.2, -0.15) is 5.10 Å². The van der Waals surface area contributed by atoms with Crippen molar-refractivity contribution in [2.75, 3.05) is 10.6 Å². The normalized spacial score (nSPS) is 11.4. The maximum absolute atomic E-state index is 12.5. The van der Waals surface area contributed by atoms with Gasteiger partial charge >= 0.3 is 6.03 Å². The molecule has 0 bridgehead atoms. The molecule has 2 N–H and O–H groups in total. The molecule has 0 aliphatic rings. The molecule has 2 aromatic carbocycles. The summed E-state index contributed by atoms with van der Waals surface area (Å²) >= 11 is 11.9. The lowest BCUT2D eigenvalue weighted by Crippen LogP contribution is -2.21. The summed E-state index contributed by atoms with van der Waals surface area (Å²) in [5.41, 5.74) is 3.28. The molecule has 0 unspecified atom stereocenters. The molecule has 0 aliphatic carbocycles. The van der Waals surface area contributed by atoms with Crippen LogP contribution in [0.5, 0.6) is 0 Å². The van der Waals surface area contributed by atoms with E-state index < -0.39 is 6.03 Å². The van der Waals surface area contributed by atoms with Crippen LogP contribution in [0, 0.1) is 6.92 Å². The molecule has 0 fully saturated rings. The number of anilines is 2. The number of benzene rings is 2. The predicted molar refractivity (Wildman–Crippen MR) is 116 cm³/mol. The number of hydrogen-bond acceptors (Lipinski definition) is 2. The Labute approximate surface area is 174 Å². The van der Waals surface area contributed by atoms with Crippen LogP contribution in [0.15, 0.2) is 48.5 Å². The number of hydrogen-bond donors (Lipinski definition) is 2. The number of rotatable bonds is 3. The van der Waals surface area contributed by atoms with Crippen LogP contribution < -0.4 is 10.6 Å². The Morgan fingerprint density at radius 1 is 0.964 bits per heavy atom. The number of nitrogens with one attached hydrogen (secondary N) is 2. The molecule has 0 saturated carbocycles. The quantitative estimate of drug-likeness (QED) is 0.516. The van der Waals surface area contributed by atoms with E-state index in [-0.39, 0.29) is 5.41 Å². The summed E-state index contributed by atoms with van der Waals surface area (Å²) in [6.07, 6.45) is 0. The first kappa shape index (κ1) is 20.2. The smallest absolute Gasteiger partial charge is 0.308 e. The molecule has 2 amide bonds. The Hall–Kier alpha value is -2.50. The van der Waals surface area contributed by atoms with Crippen molar-refractivity contribution in [1.29, 1.82) is 0 Å². The average molecular weight is 417 g/mol. The van der Waals surface area contributed by atoms with Crippen LogP contribution in [-0.2, 0) is 5.41 Å². The average Bonchev–Trinajstić information content (AvgIpc) is 3.03. The standard InChI is InChI=1S/C21H22Cl2N4O/c1-13-5-8-15(9-6-13)27-19(12-18(26-27)21(2,3)4)25-20(28)24-14-7-10-16(22)17(23)11-14/h5-12H,1-4H3,(H2,24,25,28). The molecule has 1 heterocycles. The fourth-order valence-corrected chi connectivity index (χ4v) is 2.87. The number of carbonyl (C=O) groups excluding carboxylic acids is 1. The van der Waals surface area contributed by atoms with E-state index in [1.54, 1.807) is 22.9 Å². The van der Waals surface area contributed by atoms with Crippen LogP contribution in [0.3, 0.4) is 0 Å². The summed E-state index contributed by atoms with van der Waals surface area (Å²) in [5, 5.41) is 11.1. The largest absolute Gasteiger partial charge is 0.324 e. The molecular formula is C21H22Cl2N4O. The van der Waals surface area contributed by atoms with Crippen LogP contribution in [0.4, 0.5) is 16.3 Å². The highest BCUT2D eigenvalue weighted by molar-refractivity contribution is 6.42. The lowest BCUT2D eigenvalue weighted by atomic mass is 9.92. The summed E-state index contributed by atoms with van der Waals surface area (Å²) < 4.78 is 1.73. The number of nitrogens with zero attached hydrogens (tertiary/aromatic N) is 2. The van der Waals surface area contributed by atoms with Gasteiger partial charge in [0.1, 0.15) is 5.82 Å². The SMILES string of the molecule is Cc1ccc(-n2nc(C(C)(C)C)cc2NC(=O)Nc2ccc(Cl)c(Cl)c2)cc1. The van der Waals surface area contributed by atoms with Crippen molar-refractivity contribution in [3.63, 3.8) is 0 Å². The van der Waals surface area contributed by atoms with Gasteiger partial charge in [0.25, 0.3) is 0 Å². The number of aryl methyl sites for hydroxylation is 1. The maximum atomic E-state index is 12.5. The van der Waals surface area contributed by atoms with Crippen LogP contribution in [0.25, 0.3) is 5.69 Å². The Balaban J connectivity index is 1.89. The van der Waals surface area contributed by atoms with Crippen molar-refractivity contribution in [2.45, 2.75) is 33.1 Å². The van der Waals surface area contributed by atoms with Gasteiger partial charge in [0.2, 0.25) is 0 Å². The molecule has 3 rings (SSSR count). The van der Waals surface area contributed by atoms with E-state index in [0.717, 1.165) is 16.9 Å². The molecule has 0 spiro atoms. The first-order valence-electron chi connectivity index (χ1n) is 8.84. The molecule has 1 aromatic heterocycles. The van der Waals surface area contributed by atoms with E-state index in [1.807, 2.05) is 37.3 Å². The zero-order valence-corrected chi connectivity index (χ0v) is 17.7. The molecule has 0 radical (unpaired) electrons. The molecule has 28 heavy (non-hydrogen) atoms. The van der Waals surface area contributed by atoms with Gasteiger partial charge in [0.15, 0.2) is 0 Å². The first-order chi connectivity index (χ1) is 13.1. The van der Waals surface area contributed by atoms with Gasteiger partial charge in [-0.05, 0) is 37.3 Å². The van der Waals surface area contributed by atoms with Crippen molar-refractivity contribution < 1.29 is 4.79 Å². The molecule has 146 valence electrons. The van der Waals surface area contributed by atoms with Gasteiger partial charge in [-0.25, -0.2) is 9.48 Å². The number of amides is 2. The Kier molecular flexibility index (Phi) is 5.68. The molecule has 0 saturated heterocycles. The molecule has 7 heteroatoms. The highest BCUT2D eigenvalue weighted by Gasteiger charge is 2.21. The van der Waals surface area contributed by atoms with Gasteiger partial charge in [-0.3, -0.25) is 5.32 Å². The summed E-state index contributed by atoms with van der Waals surface area (Å²) in [6.45, 7) is 8.26. The van der Waals surface area contributed by atoms with Crippen molar-refractivity contribution in [3.05, 3.63) is 69.8 Å². The van der Waals surface area contributed by atoms with Crippen LogP contribution in [-0.4, -0.2) is 15.8 Å². The van der Waals surface area contributed by atoms with E-state index in [1.165, 1.54) is 0 Å². The van der Waals surface area contributed by atoms with E-state index >= 15 is 0 Å². The van der Waals surface area contributed by atoms with Crippen molar-refractivity contribution in [1.82, 2.24) is 9.78 Å². The molecule has 0 aliphatic heterocycles. The maximum Gasteiger partial charge on any atom is 0.324 e. The minimum Gasteiger partial charge on any atom is -0.308 e. The van der Waals surface area contributed by atoms with Crippen LogP contribution in [0.2, 0.25) is 10.0 Å². The lowest BCUT2D eigenvalue weighted by molar-refractivity contribution is 0.262. The first-order valence-corrected chi connectivity index (χ1v) is 9.60. The molecule has 3 aromatic rings. The zero-order chi connectivity index (χ0) is 20.5. The zero-order valence-electron chi connectivity index (χ0n) is 16.2. The fraction of sp³-hybridized carbons (Fsp3) is 0.238. The minimum atomic E-state index is -0.396. The fourth-order valence-electron chi connectivity index (χ4n) is 2.57. The third-order valence-electron chi connectivity index (χ3n) is 4.18. The Bertz CT molecular complexity index is 1000. The number of urea groups is 1. The van der Waals surface area contributed by atoms with E-state index in [9.17, 15) is 4.79 Å². The van der Waals surface area contributed by atoms with Gasteiger partial charge in [0, 0.05) is 17.2 Å². The predicted octanol–water partition coefficient (Wildman–Crippen LogP) is 6.43. The lowest BCUT2D eigenvalue weighted by Gasteiger charge is -2.14. The number of aromatic nitrogens is 2. The topological polar surface area (TPSA) is 59.0 Å². The van der Waals surface area contributed by atoms with Crippen molar-refractivity contribution in [3.8, 4) is 5.69 Å². The number of halogens is 2. The van der Waals surface area contributed by atoms with E-state index in [2.05, 4.69) is 31.4 Å². The Morgan fingerprint density at radius 3 is 2.25 bits per heavy atom. The molecule has 0 atom stereocenters. The number of carbonyl (C=O) groups is 1. The third-order valence-corrected chi connectivity index (χ3v) is 4.91. The van der Waals surface area contributed by atoms with E-state index in [4.69, 9.17) is 28.3 Å². The van der Waals surface area contributed by atoms with Crippen LogP contribution in [0.1, 0.15) is 32.0 Å². The van der Waals surface area contributed by atoms with Crippen LogP contribution >= 0.6 is 23.2 Å². The van der Waals surface area contributed by atoms with Gasteiger partial charge in [-0.1, -0.05) is 61.7 Å². The summed E-state index contributed by atoms with van der Waals surface area (Å²) in [6, 6.07) is 14.4. The second-order valence-corrected chi connectivity index (χ2v) is 8.43. The van der Waals surface area contributed by atoms with Crippen molar-refractivity contribution >= 4 is 40.7 Å². The Morgan fingerprint density at radius 2 is 1.64 bits per heavy atom. The summed E-state index contributed by atoms with van der Waals surface area (Å²) in [7, 11) is 0. The van der Waals surface area contributed by atoms with Crippen molar-refractivity contribution in [2.24, 2.45) is 0 Å². The molecular weight excluding hydrogens is 395 g/mol. The van der Waals surface area contributed by atoms with Gasteiger partial charge in [-0.15, -0.1) is 0 Å². The van der Waals surface area contributed by atoms with Gasteiger partial charge in [0.05, 0.1) is 21.4 Å². The van der Waals surface area contributed by atoms with Gasteiger partial charge < -0.3 is 5.32 Å². The second kappa shape index (κ2) is 7.86. The second-order valence-electron chi connectivity index (χ2n) is 7.62. The minimum absolute atomic E-state index is 0.160. The molecule has 5 nitrogen and oxygen atoms in total.